The molecule has 2 aromatic carbocycles. The second kappa shape index (κ2) is 12.7. The van der Waals surface area contributed by atoms with E-state index >= 15 is 0 Å². The van der Waals surface area contributed by atoms with Crippen LogP contribution in [0.25, 0.3) is 5.76 Å². The summed E-state index contributed by atoms with van der Waals surface area (Å²) >= 11 is 0. The van der Waals surface area contributed by atoms with Gasteiger partial charge in [0.25, 0.3) is 5.91 Å². The van der Waals surface area contributed by atoms with Gasteiger partial charge in [0.1, 0.15) is 34.6 Å². The van der Waals surface area contributed by atoms with Gasteiger partial charge >= 0.3 is 0 Å². The molecule has 0 radical (unpaired) electrons. The average Bonchev–Trinajstić information content (AvgIpc) is 3.02. The van der Waals surface area contributed by atoms with E-state index < -0.39 is 93.3 Å². The lowest BCUT2D eigenvalue weighted by atomic mass is 9.54. The van der Waals surface area contributed by atoms with Crippen molar-refractivity contribution in [3.05, 3.63) is 70.0 Å². The summed E-state index contributed by atoms with van der Waals surface area (Å²) < 4.78 is 0. The summed E-state index contributed by atoms with van der Waals surface area (Å²) in [5.74, 6) is -10.6. The third-order valence-electron chi connectivity index (χ3n) is 9.75. The van der Waals surface area contributed by atoms with Crippen molar-refractivity contribution < 1.29 is 49.8 Å². The van der Waals surface area contributed by atoms with Crippen molar-refractivity contribution in [2.45, 2.75) is 56.4 Å². The van der Waals surface area contributed by atoms with Gasteiger partial charge in [-0.1, -0.05) is 38.5 Å². The van der Waals surface area contributed by atoms with E-state index in [0.717, 1.165) is 12.8 Å². The Hall–Kier alpha value is -4.76. The minimum atomic E-state index is -3.04. The third-order valence-corrected chi connectivity index (χ3v) is 9.75. The zero-order valence-corrected chi connectivity index (χ0v) is 26.9. The number of carbonyl (C=O) groups is 4. The topological polar surface area (TPSA) is 243 Å². The van der Waals surface area contributed by atoms with Crippen LogP contribution in [0.2, 0.25) is 0 Å². The quantitative estimate of drug-likeness (QED) is 0.105. The average molecular weight is 665 g/mol. The maximum absolute atomic E-state index is 14.2. The number of amides is 2. The van der Waals surface area contributed by atoms with E-state index in [-0.39, 0.29) is 17.0 Å². The minimum Gasteiger partial charge on any atom is -0.508 e. The number of ketones is 2. The molecule has 0 saturated heterocycles. The van der Waals surface area contributed by atoms with Crippen LogP contribution < -0.4 is 16.4 Å². The molecule has 3 aliphatic rings. The van der Waals surface area contributed by atoms with Gasteiger partial charge in [-0.3, -0.25) is 24.1 Å². The number of aromatic hydroxyl groups is 2. The molecule has 2 amide bonds. The number of hydrogen-bond donors (Lipinski definition) is 9. The largest absolute Gasteiger partial charge is 0.508 e. The molecule has 14 heteroatoms. The number of hydrogen-bond acceptors (Lipinski definition) is 12. The van der Waals surface area contributed by atoms with Crippen LogP contribution in [0, 0.1) is 11.8 Å². The van der Waals surface area contributed by atoms with Crippen molar-refractivity contribution >= 4 is 34.8 Å². The summed E-state index contributed by atoms with van der Waals surface area (Å²) in [5, 5.41) is 73.3. The van der Waals surface area contributed by atoms with Crippen LogP contribution in [0.4, 0.5) is 5.69 Å². The lowest BCUT2D eigenvalue weighted by molar-refractivity contribution is -0.169. The van der Waals surface area contributed by atoms with Gasteiger partial charge in [-0.05, 0) is 62.3 Å². The number of phenolic OH excluding ortho intramolecular Hbond substituents is 2. The molecule has 256 valence electrons. The summed E-state index contributed by atoms with van der Waals surface area (Å²) in [7, 11) is 2.87. The molecule has 5 unspecified atom stereocenters. The number of likely N-dealkylation sites (N-methyl/N-ethyl adjacent to an activating group) is 1. The molecule has 1 saturated carbocycles. The highest BCUT2D eigenvalue weighted by atomic mass is 16.4. The Morgan fingerprint density at radius 1 is 1.04 bits per heavy atom. The maximum Gasteiger partial charge on any atom is 0.255 e. The van der Waals surface area contributed by atoms with Crippen LogP contribution in [0.3, 0.4) is 0 Å². The number of rotatable bonds is 9. The zero-order chi connectivity index (χ0) is 35.4. The number of primary amides is 1. The number of aliphatic hydroxyl groups is 4. The van der Waals surface area contributed by atoms with Crippen molar-refractivity contribution in [1.29, 1.82) is 0 Å². The number of nitrogens with two attached hydrogens (primary N) is 1. The number of benzene rings is 2. The number of phenols is 2. The number of fused-ring (bicyclic) bond motifs is 3. The molecule has 1 fully saturated rings. The van der Waals surface area contributed by atoms with Crippen LogP contribution in [-0.2, 0) is 19.2 Å². The number of unbranched alkanes of at least 4 members (excludes halogenated alkanes) is 1. The van der Waals surface area contributed by atoms with Crippen molar-refractivity contribution in [2.75, 3.05) is 26.0 Å². The monoisotopic (exact) mass is 664 g/mol. The lowest BCUT2D eigenvalue weighted by Crippen LogP contribution is -2.70. The maximum atomic E-state index is 14.2. The highest BCUT2D eigenvalue weighted by Gasteiger charge is 2.68. The molecule has 14 nitrogen and oxygen atoms in total. The van der Waals surface area contributed by atoms with Gasteiger partial charge < -0.3 is 47.0 Å². The molecular formula is C34H40N4O10. The van der Waals surface area contributed by atoms with E-state index in [1.165, 1.54) is 43.3 Å². The third kappa shape index (κ3) is 5.21. The Morgan fingerprint density at radius 3 is 2.27 bits per heavy atom. The smallest absolute Gasteiger partial charge is 0.255 e. The molecule has 0 heterocycles. The second-order valence-electron chi connectivity index (χ2n) is 12.8. The predicted molar refractivity (Wildman–Crippen MR) is 173 cm³/mol. The fourth-order valence-corrected chi connectivity index (χ4v) is 7.37. The van der Waals surface area contributed by atoms with Crippen LogP contribution in [0.15, 0.2) is 53.3 Å². The number of nitrogens with zero attached hydrogens (tertiary/aromatic N) is 1. The first-order chi connectivity index (χ1) is 22.6. The number of nitrogens with one attached hydrogen (secondary N) is 2. The van der Waals surface area contributed by atoms with Gasteiger partial charge in [0, 0.05) is 11.5 Å². The van der Waals surface area contributed by atoms with Gasteiger partial charge in [0.05, 0.1) is 29.3 Å². The standard InChI is InChI=1S/C34H40N4O10/c1-5-6-13-36-24(15-7-9-16(39)10-8-15)33(47)37-18-12-11-17-14(2)19-21(27(41)20(17)26(18)40)30(44)34(48)23(28(19)42)25(38(3)4)29(43)22(31(34)45)32(35)46/h7-12,14,19,23-25,28,36,39-42,45,48H,5-6,13H2,1-4H3,(H2,35,46)(H,37,47)/t14?,19?,23?,24?,25-,28?,34-/m0/s1. The van der Waals surface area contributed by atoms with Crippen LogP contribution in [0.1, 0.15) is 55.3 Å². The van der Waals surface area contributed by atoms with Crippen LogP contribution in [0.5, 0.6) is 11.5 Å². The molecule has 7 atom stereocenters. The molecule has 10 N–H and O–H groups in total. The SMILES string of the molecule is CCCCNC(C(=O)Nc1ccc2c(c1O)C(O)=C1C(=O)[C@]3(O)C(O)=C(C(N)=O)C(=O)[C@@H](N(C)C)C3C(O)C1C2C)c1ccc(O)cc1. The predicted octanol–water partition coefficient (Wildman–Crippen LogP) is 1.27. The first-order valence-corrected chi connectivity index (χ1v) is 15.6. The summed E-state index contributed by atoms with van der Waals surface area (Å²) in [6.45, 7) is 4.10. The summed E-state index contributed by atoms with van der Waals surface area (Å²) in [5.41, 5.74) is 1.26. The van der Waals surface area contributed by atoms with E-state index in [2.05, 4.69) is 10.6 Å². The molecule has 0 aliphatic heterocycles. The van der Waals surface area contributed by atoms with Gasteiger partial charge in [0.15, 0.2) is 11.4 Å². The molecular weight excluding hydrogens is 624 g/mol. The first kappa shape index (κ1) is 34.6. The van der Waals surface area contributed by atoms with E-state index in [9.17, 15) is 49.8 Å². The van der Waals surface area contributed by atoms with Gasteiger partial charge in [-0.2, -0.15) is 0 Å². The Bertz CT molecular complexity index is 1750. The molecule has 48 heavy (non-hydrogen) atoms. The van der Waals surface area contributed by atoms with E-state index in [4.69, 9.17) is 5.73 Å². The zero-order valence-electron chi connectivity index (χ0n) is 26.9. The molecule has 5 rings (SSSR count). The van der Waals surface area contributed by atoms with Crippen molar-refractivity contribution in [3.63, 3.8) is 0 Å². The van der Waals surface area contributed by atoms with Crippen molar-refractivity contribution in [3.8, 4) is 11.5 Å². The van der Waals surface area contributed by atoms with Gasteiger partial charge in [-0.25, -0.2) is 0 Å². The summed E-state index contributed by atoms with van der Waals surface area (Å²) in [6, 6.07) is 6.61. The second-order valence-corrected chi connectivity index (χ2v) is 12.8. The molecule has 2 aromatic rings. The lowest BCUT2D eigenvalue weighted by Gasteiger charge is -2.53. The number of anilines is 1. The van der Waals surface area contributed by atoms with E-state index in [1.807, 2.05) is 6.92 Å². The van der Waals surface area contributed by atoms with E-state index in [0.29, 0.717) is 17.7 Å². The highest BCUT2D eigenvalue weighted by molar-refractivity contribution is 6.24. The van der Waals surface area contributed by atoms with E-state index in [1.54, 1.807) is 19.1 Å². The van der Waals surface area contributed by atoms with Crippen molar-refractivity contribution in [1.82, 2.24) is 10.2 Å². The molecule has 0 bridgehead atoms. The Balaban J connectivity index is 1.60. The van der Waals surface area contributed by atoms with Gasteiger partial charge in [0.2, 0.25) is 11.7 Å². The van der Waals surface area contributed by atoms with Crippen LogP contribution in [-0.4, -0.2) is 97.3 Å². The Kier molecular flexibility index (Phi) is 9.14. The van der Waals surface area contributed by atoms with Crippen LogP contribution >= 0.6 is 0 Å². The number of aliphatic hydroxyl groups excluding tert-OH is 3. The summed E-state index contributed by atoms with van der Waals surface area (Å²) in [4.78, 5) is 54.7. The Labute approximate surface area is 276 Å². The Morgan fingerprint density at radius 2 is 1.69 bits per heavy atom. The molecule has 0 spiro atoms. The number of carbonyl (C=O) groups excluding carboxylic acids is 4. The highest BCUT2D eigenvalue weighted by Crippen LogP contribution is 2.56. The normalized spacial score (nSPS) is 27.4. The summed E-state index contributed by atoms with van der Waals surface area (Å²) in [6.07, 6.45) is -0.0837. The van der Waals surface area contributed by atoms with Gasteiger partial charge in [-0.15, -0.1) is 0 Å². The fraction of sp³-hybridized carbons (Fsp3) is 0.412. The minimum absolute atomic E-state index is 0.0137. The fourth-order valence-electron chi connectivity index (χ4n) is 7.37. The first-order valence-electron chi connectivity index (χ1n) is 15.6. The van der Waals surface area contributed by atoms with Crippen molar-refractivity contribution in [2.24, 2.45) is 17.6 Å². The molecule has 0 aromatic heterocycles. The number of Topliss-reactive ketones (excluding diaryl/α,β-unsaturated/α-hetero) is 2. The molecule has 3 aliphatic carbocycles.